The molecule has 17 heavy (non-hydrogen) atoms. The highest BCUT2D eigenvalue weighted by Gasteiger charge is 2.07. The third-order valence-electron chi connectivity index (χ3n) is 2.39. The molecule has 1 aromatic carbocycles. The fourth-order valence-corrected chi connectivity index (χ4v) is 1.61. The van der Waals surface area contributed by atoms with Crippen LogP contribution < -0.4 is 0 Å². The van der Waals surface area contributed by atoms with Gasteiger partial charge in [-0.2, -0.15) is 0 Å². The third-order valence-corrected chi connectivity index (χ3v) is 2.39. The highest BCUT2D eigenvalue weighted by molar-refractivity contribution is 5.22. The number of hydrogen-bond acceptors (Lipinski definition) is 2. The van der Waals surface area contributed by atoms with Crippen molar-refractivity contribution in [3.8, 4) is 0 Å². The lowest BCUT2D eigenvalue weighted by Gasteiger charge is -2.11. The summed E-state index contributed by atoms with van der Waals surface area (Å²) in [6.07, 6.45) is -2.08. The van der Waals surface area contributed by atoms with Gasteiger partial charge in [0.05, 0.1) is 6.10 Å². The number of aliphatic hydroxyl groups excluding tert-OH is 1. The molecule has 1 aromatic rings. The topological polar surface area (TPSA) is 29.5 Å². The van der Waals surface area contributed by atoms with Gasteiger partial charge in [-0.05, 0) is 25.3 Å². The Labute approximate surface area is 100 Å². The number of alkyl halides is 2. The van der Waals surface area contributed by atoms with E-state index < -0.39 is 19.1 Å². The largest absolute Gasteiger partial charge is 0.393 e. The van der Waals surface area contributed by atoms with E-state index in [1.54, 1.807) is 0 Å². The molecule has 0 heterocycles. The van der Waals surface area contributed by atoms with E-state index in [-0.39, 0.29) is 6.61 Å². The summed E-state index contributed by atoms with van der Waals surface area (Å²) in [5.41, 5.74) is 2.19. The summed E-state index contributed by atoms with van der Waals surface area (Å²) >= 11 is 0. The van der Waals surface area contributed by atoms with Crippen LogP contribution in [0.3, 0.4) is 0 Å². The van der Waals surface area contributed by atoms with Crippen LogP contribution in [-0.4, -0.2) is 30.8 Å². The molecule has 1 rings (SSSR count). The number of benzene rings is 1. The van der Waals surface area contributed by atoms with E-state index in [1.807, 2.05) is 31.2 Å². The predicted octanol–water partition coefficient (Wildman–Crippen LogP) is 2.57. The zero-order chi connectivity index (χ0) is 12.7. The molecule has 0 saturated carbocycles. The van der Waals surface area contributed by atoms with E-state index in [0.717, 1.165) is 11.1 Å². The van der Waals surface area contributed by atoms with E-state index in [2.05, 4.69) is 0 Å². The first kappa shape index (κ1) is 14.1. The second-order valence-corrected chi connectivity index (χ2v) is 4.10. The van der Waals surface area contributed by atoms with Gasteiger partial charge in [0.25, 0.3) is 6.43 Å². The van der Waals surface area contributed by atoms with E-state index in [4.69, 9.17) is 4.74 Å². The maximum absolute atomic E-state index is 11.8. The van der Waals surface area contributed by atoms with Crippen molar-refractivity contribution in [3.05, 3.63) is 35.4 Å². The van der Waals surface area contributed by atoms with Crippen LogP contribution in [0.2, 0.25) is 0 Å². The fraction of sp³-hybridized carbons (Fsp3) is 0.538. The number of hydrogen-bond donors (Lipinski definition) is 1. The Balaban J connectivity index is 2.23. The summed E-state index contributed by atoms with van der Waals surface area (Å²) in [7, 11) is 0. The summed E-state index contributed by atoms with van der Waals surface area (Å²) < 4.78 is 28.2. The zero-order valence-corrected chi connectivity index (χ0v) is 9.90. The quantitative estimate of drug-likeness (QED) is 0.747. The maximum atomic E-state index is 11.8. The van der Waals surface area contributed by atoms with Crippen LogP contribution in [0.1, 0.15) is 17.5 Å². The van der Waals surface area contributed by atoms with Gasteiger partial charge in [-0.3, -0.25) is 0 Å². The van der Waals surface area contributed by atoms with Crippen molar-refractivity contribution in [2.75, 3.05) is 13.2 Å². The van der Waals surface area contributed by atoms with Gasteiger partial charge in [0.15, 0.2) is 0 Å². The average Bonchev–Trinajstić information content (AvgIpc) is 2.24. The molecule has 4 heteroatoms. The number of aryl methyl sites for hydroxylation is 1. The van der Waals surface area contributed by atoms with Crippen LogP contribution in [0, 0.1) is 6.92 Å². The van der Waals surface area contributed by atoms with E-state index in [9.17, 15) is 13.9 Å². The Morgan fingerprint density at radius 3 is 2.76 bits per heavy atom. The lowest BCUT2D eigenvalue weighted by Crippen LogP contribution is -2.15. The summed E-state index contributed by atoms with van der Waals surface area (Å²) in [5.74, 6) is 0. The molecule has 0 radical (unpaired) electrons. The second kappa shape index (κ2) is 7.35. The first-order valence-electron chi connectivity index (χ1n) is 5.67. The first-order valence-corrected chi connectivity index (χ1v) is 5.67. The van der Waals surface area contributed by atoms with Crippen LogP contribution in [0.5, 0.6) is 0 Å². The van der Waals surface area contributed by atoms with Crippen LogP contribution in [0.25, 0.3) is 0 Å². The van der Waals surface area contributed by atoms with Gasteiger partial charge in [0.2, 0.25) is 0 Å². The summed E-state index contributed by atoms with van der Waals surface area (Å²) in [6.45, 7) is 1.59. The Morgan fingerprint density at radius 2 is 2.12 bits per heavy atom. The van der Waals surface area contributed by atoms with Gasteiger partial charge in [0.1, 0.15) is 6.61 Å². The van der Waals surface area contributed by atoms with Crippen LogP contribution in [0.15, 0.2) is 24.3 Å². The Hall–Kier alpha value is -1.00. The van der Waals surface area contributed by atoms with Gasteiger partial charge < -0.3 is 9.84 Å². The zero-order valence-electron chi connectivity index (χ0n) is 9.90. The minimum Gasteiger partial charge on any atom is -0.393 e. The van der Waals surface area contributed by atoms with Crippen molar-refractivity contribution in [1.82, 2.24) is 0 Å². The van der Waals surface area contributed by atoms with Crippen molar-refractivity contribution in [2.45, 2.75) is 32.3 Å². The van der Waals surface area contributed by atoms with E-state index in [1.165, 1.54) is 0 Å². The number of halogens is 2. The molecule has 0 saturated heterocycles. The van der Waals surface area contributed by atoms with Gasteiger partial charge in [-0.1, -0.05) is 29.8 Å². The number of ether oxygens (including phenoxy) is 1. The van der Waals surface area contributed by atoms with Crippen LogP contribution >= 0.6 is 0 Å². The highest BCUT2D eigenvalue weighted by Crippen LogP contribution is 2.08. The number of aliphatic hydroxyl groups is 1. The molecule has 1 N–H and O–H groups in total. The molecule has 0 amide bonds. The molecule has 0 aliphatic carbocycles. The minimum absolute atomic E-state index is 0.164. The van der Waals surface area contributed by atoms with Crippen molar-refractivity contribution in [2.24, 2.45) is 0 Å². The standard InChI is InChI=1S/C13H18F2O2/c1-10-3-2-4-11(7-10)8-12(16)5-6-17-9-13(14)15/h2-4,7,12-13,16H,5-6,8-9H2,1H3. The minimum atomic E-state index is -2.44. The molecule has 2 nitrogen and oxygen atoms in total. The lowest BCUT2D eigenvalue weighted by atomic mass is 10.0. The van der Waals surface area contributed by atoms with Gasteiger partial charge >= 0.3 is 0 Å². The molecule has 0 bridgehead atoms. The summed E-state index contributed by atoms with van der Waals surface area (Å²) in [6, 6.07) is 7.87. The lowest BCUT2D eigenvalue weighted by molar-refractivity contribution is 0.00512. The average molecular weight is 244 g/mol. The predicted molar refractivity (Wildman–Crippen MR) is 62.3 cm³/mol. The molecule has 96 valence electrons. The maximum Gasteiger partial charge on any atom is 0.261 e. The van der Waals surface area contributed by atoms with E-state index in [0.29, 0.717) is 12.8 Å². The highest BCUT2D eigenvalue weighted by atomic mass is 19.3. The molecule has 0 aliphatic rings. The van der Waals surface area contributed by atoms with Gasteiger partial charge in [-0.25, -0.2) is 8.78 Å². The second-order valence-electron chi connectivity index (χ2n) is 4.10. The smallest absolute Gasteiger partial charge is 0.261 e. The first-order chi connectivity index (χ1) is 8.08. The van der Waals surface area contributed by atoms with E-state index >= 15 is 0 Å². The van der Waals surface area contributed by atoms with Crippen molar-refractivity contribution in [3.63, 3.8) is 0 Å². The van der Waals surface area contributed by atoms with Gasteiger partial charge in [0, 0.05) is 6.61 Å². The van der Waals surface area contributed by atoms with Crippen molar-refractivity contribution >= 4 is 0 Å². The Bertz CT molecular complexity index is 329. The Morgan fingerprint density at radius 1 is 1.35 bits per heavy atom. The number of rotatable bonds is 7. The third kappa shape index (κ3) is 6.34. The molecule has 1 unspecified atom stereocenters. The Kier molecular flexibility index (Phi) is 6.08. The monoisotopic (exact) mass is 244 g/mol. The summed E-state index contributed by atoms with van der Waals surface area (Å²) in [4.78, 5) is 0. The molecule has 0 aliphatic heterocycles. The fourth-order valence-electron chi connectivity index (χ4n) is 1.61. The molecule has 1 atom stereocenters. The van der Waals surface area contributed by atoms with Crippen molar-refractivity contribution < 1.29 is 18.6 Å². The molecular formula is C13H18F2O2. The SMILES string of the molecule is Cc1cccc(CC(O)CCOCC(F)F)c1. The summed E-state index contributed by atoms with van der Waals surface area (Å²) in [5, 5.41) is 9.69. The molecule has 0 aromatic heterocycles. The van der Waals surface area contributed by atoms with Crippen molar-refractivity contribution in [1.29, 1.82) is 0 Å². The molecule has 0 fully saturated rings. The normalized spacial score (nSPS) is 13.0. The molecular weight excluding hydrogens is 226 g/mol. The molecule has 0 spiro atoms. The van der Waals surface area contributed by atoms with Gasteiger partial charge in [-0.15, -0.1) is 0 Å². The van der Waals surface area contributed by atoms with Crippen LogP contribution in [0.4, 0.5) is 8.78 Å². The van der Waals surface area contributed by atoms with Crippen LogP contribution in [-0.2, 0) is 11.2 Å².